The fourth-order valence-corrected chi connectivity index (χ4v) is 3.97. The third-order valence-electron chi connectivity index (χ3n) is 3.90. The molecule has 0 saturated carbocycles. The van der Waals surface area contributed by atoms with E-state index in [1.54, 1.807) is 18.2 Å². The van der Waals surface area contributed by atoms with Gasteiger partial charge in [0.25, 0.3) is 11.8 Å². The van der Waals surface area contributed by atoms with Crippen LogP contribution in [-0.4, -0.2) is 27.9 Å². The van der Waals surface area contributed by atoms with Crippen LogP contribution in [0.2, 0.25) is 5.02 Å². The summed E-state index contributed by atoms with van der Waals surface area (Å²) in [6, 6.07) is 13.5. The number of carboxylic acids is 1. The lowest BCUT2D eigenvalue weighted by molar-refractivity contribution is 0.0690. The largest absolute Gasteiger partial charge is 0.478 e. The first-order valence-corrected chi connectivity index (χ1v) is 10.0. The number of carboxylic acid groups (broad SMARTS) is 1. The molecule has 9 heteroatoms. The molecule has 0 fully saturated rings. The Labute approximate surface area is 187 Å². The van der Waals surface area contributed by atoms with E-state index in [2.05, 4.69) is 36.8 Å². The molecule has 3 rings (SSSR count). The highest BCUT2D eigenvalue weighted by atomic mass is 79.9. The third-order valence-corrected chi connectivity index (χ3v) is 5.25. The number of aromatic carboxylic acids is 1. The number of pyridine rings is 1. The van der Waals surface area contributed by atoms with Crippen LogP contribution in [-0.2, 0) is 0 Å². The second-order valence-corrected chi connectivity index (χ2v) is 7.91. The third kappa shape index (κ3) is 4.39. The van der Waals surface area contributed by atoms with E-state index in [1.165, 1.54) is 42.6 Å². The van der Waals surface area contributed by atoms with Crippen molar-refractivity contribution in [3.05, 3.63) is 91.5 Å². The van der Waals surface area contributed by atoms with Crippen molar-refractivity contribution in [1.29, 1.82) is 0 Å². The minimum atomic E-state index is -1.29. The summed E-state index contributed by atoms with van der Waals surface area (Å²) in [6.07, 6.45) is 1.42. The Hall–Kier alpha value is -2.55. The van der Waals surface area contributed by atoms with Crippen LogP contribution in [0.3, 0.4) is 0 Å². The average Bonchev–Trinajstić information content (AvgIpc) is 2.69. The van der Waals surface area contributed by atoms with Crippen molar-refractivity contribution in [2.45, 2.75) is 0 Å². The lowest BCUT2D eigenvalue weighted by atomic mass is 10.1. The number of benzene rings is 2. The zero-order valence-corrected chi connectivity index (χ0v) is 18.4. The number of nitrogens with zero attached hydrogens (tertiary/aromatic N) is 2. The van der Waals surface area contributed by atoms with E-state index < -0.39 is 17.8 Å². The zero-order chi connectivity index (χ0) is 21.1. The predicted molar refractivity (Wildman–Crippen MR) is 116 cm³/mol. The topological polar surface area (TPSA) is 87.6 Å². The van der Waals surface area contributed by atoms with Gasteiger partial charge in [-0.1, -0.05) is 35.9 Å². The van der Waals surface area contributed by atoms with Crippen molar-refractivity contribution >= 4 is 67.1 Å². The average molecular weight is 539 g/mol. The minimum Gasteiger partial charge on any atom is -0.478 e. The molecule has 1 N–H and O–H groups in total. The van der Waals surface area contributed by atoms with Crippen molar-refractivity contribution in [1.82, 2.24) is 4.98 Å². The number of carbonyl (C=O) groups is 3. The van der Waals surface area contributed by atoms with Crippen LogP contribution in [0.4, 0.5) is 5.82 Å². The number of hydrogen-bond donors (Lipinski definition) is 1. The van der Waals surface area contributed by atoms with Crippen molar-refractivity contribution in [3.63, 3.8) is 0 Å². The summed E-state index contributed by atoms with van der Waals surface area (Å²) in [4.78, 5) is 43.2. The Morgan fingerprint density at radius 3 is 2.03 bits per heavy atom. The molecule has 29 heavy (non-hydrogen) atoms. The second-order valence-electron chi connectivity index (χ2n) is 5.74. The molecule has 146 valence electrons. The Morgan fingerprint density at radius 1 is 0.897 bits per heavy atom. The highest BCUT2D eigenvalue weighted by Gasteiger charge is 2.32. The van der Waals surface area contributed by atoms with Crippen LogP contribution < -0.4 is 4.90 Å². The normalized spacial score (nSPS) is 10.4. The first kappa shape index (κ1) is 21.2. The highest BCUT2D eigenvalue weighted by molar-refractivity contribution is 9.11. The summed E-state index contributed by atoms with van der Waals surface area (Å²) >= 11 is 12.7. The van der Waals surface area contributed by atoms with Gasteiger partial charge in [0, 0.05) is 10.7 Å². The molecule has 1 heterocycles. The number of halogens is 3. The first-order valence-electron chi connectivity index (χ1n) is 8.08. The van der Waals surface area contributed by atoms with Crippen molar-refractivity contribution in [2.75, 3.05) is 4.90 Å². The number of rotatable bonds is 4. The van der Waals surface area contributed by atoms with Crippen molar-refractivity contribution in [3.8, 4) is 0 Å². The minimum absolute atomic E-state index is 0.00307. The van der Waals surface area contributed by atoms with Gasteiger partial charge in [-0.15, -0.1) is 0 Å². The summed E-state index contributed by atoms with van der Waals surface area (Å²) in [6.45, 7) is 0. The number of aromatic nitrogens is 1. The molecule has 0 aliphatic heterocycles. The number of anilines is 1. The van der Waals surface area contributed by atoms with Gasteiger partial charge in [-0.2, -0.15) is 0 Å². The molecule has 0 saturated heterocycles. The Balaban J connectivity index is 2.21. The SMILES string of the molecule is O=C(O)c1ccccc1C(=O)N(C(=O)c1ccccc1Cl)c1ncc(Br)cc1Br. The summed E-state index contributed by atoms with van der Waals surface area (Å²) in [7, 11) is 0. The molecule has 0 spiro atoms. The molecular weight excluding hydrogens is 527 g/mol. The molecule has 0 aliphatic carbocycles. The monoisotopic (exact) mass is 536 g/mol. The van der Waals surface area contributed by atoms with E-state index in [-0.39, 0.29) is 27.5 Å². The van der Waals surface area contributed by atoms with E-state index >= 15 is 0 Å². The lowest BCUT2D eigenvalue weighted by Crippen LogP contribution is -2.39. The van der Waals surface area contributed by atoms with Crippen LogP contribution in [0.1, 0.15) is 31.1 Å². The molecule has 0 bridgehead atoms. The maximum absolute atomic E-state index is 13.4. The van der Waals surface area contributed by atoms with Gasteiger partial charge < -0.3 is 5.11 Å². The van der Waals surface area contributed by atoms with Gasteiger partial charge in [-0.05, 0) is 62.2 Å². The lowest BCUT2D eigenvalue weighted by Gasteiger charge is -2.22. The van der Waals surface area contributed by atoms with Gasteiger partial charge >= 0.3 is 5.97 Å². The number of hydrogen-bond acceptors (Lipinski definition) is 4. The van der Waals surface area contributed by atoms with Crippen molar-refractivity contribution < 1.29 is 19.5 Å². The molecule has 0 unspecified atom stereocenters. The Kier molecular flexibility index (Phi) is 6.46. The van der Waals surface area contributed by atoms with E-state index in [0.717, 1.165) is 4.90 Å². The predicted octanol–water partition coefficient (Wildman–Crippen LogP) is 5.45. The summed E-state index contributed by atoms with van der Waals surface area (Å²) < 4.78 is 0.977. The number of amides is 2. The summed E-state index contributed by atoms with van der Waals surface area (Å²) in [5.41, 5.74) is -0.313. The molecule has 6 nitrogen and oxygen atoms in total. The van der Waals surface area contributed by atoms with Crippen LogP contribution in [0.25, 0.3) is 0 Å². The van der Waals surface area contributed by atoms with Crippen LogP contribution in [0.15, 0.2) is 69.7 Å². The fourth-order valence-electron chi connectivity index (χ4n) is 2.59. The van der Waals surface area contributed by atoms with Crippen LogP contribution >= 0.6 is 43.5 Å². The number of carbonyl (C=O) groups excluding carboxylic acids is 2. The maximum Gasteiger partial charge on any atom is 0.336 e. The van der Waals surface area contributed by atoms with Crippen molar-refractivity contribution in [2.24, 2.45) is 0 Å². The molecule has 2 amide bonds. The van der Waals surface area contributed by atoms with E-state index in [0.29, 0.717) is 8.95 Å². The molecule has 3 aromatic rings. The molecule has 2 aromatic carbocycles. The fraction of sp³-hybridized carbons (Fsp3) is 0. The smallest absolute Gasteiger partial charge is 0.336 e. The zero-order valence-electron chi connectivity index (χ0n) is 14.5. The molecule has 0 aliphatic rings. The van der Waals surface area contributed by atoms with Gasteiger partial charge in [0.2, 0.25) is 0 Å². The van der Waals surface area contributed by atoms with Gasteiger partial charge in [-0.3, -0.25) is 9.59 Å². The molecular formula is C20H11Br2ClN2O4. The molecule has 1 aromatic heterocycles. The molecule has 0 atom stereocenters. The van der Waals surface area contributed by atoms with E-state index in [4.69, 9.17) is 11.6 Å². The highest BCUT2D eigenvalue weighted by Crippen LogP contribution is 2.31. The van der Waals surface area contributed by atoms with Gasteiger partial charge in [0.15, 0.2) is 5.82 Å². The van der Waals surface area contributed by atoms with Gasteiger partial charge in [0.05, 0.1) is 26.2 Å². The van der Waals surface area contributed by atoms with Gasteiger partial charge in [-0.25, -0.2) is 14.7 Å². The standard InChI is InChI=1S/C20H11Br2ClN2O4/c21-11-9-15(22)17(24-10-11)25(19(27)14-7-3-4-8-16(14)23)18(26)12-5-1-2-6-13(12)20(28)29/h1-10H,(H,28,29). The quantitative estimate of drug-likeness (QED) is 0.447. The van der Waals surface area contributed by atoms with E-state index in [9.17, 15) is 19.5 Å². The summed E-state index contributed by atoms with van der Waals surface area (Å²) in [5, 5.41) is 9.60. The first-order chi connectivity index (χ1) is 13.8. The van der Waals surface area contributed by atoms with Gasteiger partial charge in [0.1, 0.15) is 0 Å². The van der Waals surface area contributed by atoms with Crippen LogP contribution in [0, 0.1) is 0 Å². The Bertz CT molecular complexity index is 1140. The maximum atomic E-state index is 13.4. The molecule has 0 radical (unpaired) electrons. The summed E-state index contributed by atoms with van der Waals surface area (Å²) in [5.74, 6) is -2.87. The van der Waals surface area contributed by atoms with Crippen LogP contribution in [0.5, 0.6) is 0 Å². The second kappa shape index (κ2) is 8.86. The number of imide groups is 1. The Morgan fingerprint density at radius 2 is 1.45 bits per heavy atom. The van der Waals surface area contributed by atoms with E-state index in [1.807, 2.05) is 0 Å².